The molecule has 0 aromatic carbocycles. The lowest BCUT2D eigenvalue weighted by Gasteiger charge is -2.13. The van der Waals surface area contributed by atoms with Crippen molar-refractivity contribution in [3.8, 4) is 0 Å². The summed E-state index contributed by atoms with van der Waals surface area (Å²) in [5, 5.41) is 3.43. The highest BCUT2D eigenvalue weighted by Gasteiger charge is 2.23. The summed E-state index contributed by atoms with van der Waals surface area (Å²) in [4.78, 5) is 0.319. The minimum Gasteiger partial charge on any atom is -0.383 e. The van der Waals surface area contributed by atoms with E-state index in [0.717, 1.165) is 5.69 Å². The average molecular weight is 315 g/mol. The minimum atomic E-state index is -3.47. The first-order chi connectivity index (χ1) is 9.94. The van der Waals surface area contributed by atoms with Crippen molar-refractivity contribution in [3.05, 3.63) is 18.0 Å². The van der Waals surface area contributed by atoms with Crippen molar-refractivity contribution in [2.24, 2.45) is 0 Å². The van der Waals surface area contributed by atoms with Gasteiger partial charge in [0.1, 0.15) is 0 Å². The molecule has 0 bridgehead atoms. The number of nitrogens with one attached hydrogen (secondary N) is 2. The van der Waals surface area contributed by atoms with Crippen LogP contribution in [0.5, 0.6) is 0 Å². The Morgan fingerprint density at radius 2 is 2.14 bits per heavy atom. The molecule has 0 unspecified atom stereocenters. The van der Waals surface area contributed by atoms with Gasteiger partial charge in [-0.3, -0.25) is 0 Å². The molecule has 1 heterocycles. The summed E-state index contributed by atoms with van der Waals surface area (Å²) < 4.78 is 33.9. The molecule has 1 aliphatic rings. The van der Waals surface area contributed by atoms with Gasteiger partial charge in [0.05, 0.1) is 11.5 Å². The van der Waals surface area contributed by atoms with Gasteiger partial charge in [-0.05, 0) is 32.8 Å². The lowest BCUT2D eigenvalue weighted by Crippen LogP contribution is -2.26. The Morgan fingerprint density at radius 1 is 1.43 bits per heavy atom. The highest BCUT2D eigenvalue weighted by Crippen LogP contribution is 2.22. The molecule has 2 N–H and O–H groups in total. The van der Waals surface area contributed by atoms with Gasteiger partial charge in [0.25, 0.3) is 0 Å². The van der Waals surface area contributed by atoms with E-state index < -0.39 is 10.0 Å². The van der Waals surface area contributed by atoms with Gasteiger partial charge in [-0.15, -0.1) is 0 Å². The van der Waals surface area contributed by atoms with E-state index in [1.54, 1.807) is 19.4 Å². The lowest BCUT2D eigenvalue weighted by molar-refractivity contribution is 0.204. The van der Waals surface area contributed by atoms with Crippen LogP contribution in [0.3, 0.4) is 0 Å². The molecule has 21 heavy (non-hydrogen) atoms. The molecule has 1 fully saturated rings. The van der Waals surface area contributed by atoms with E-state index in [1.807, 2.05) is 4.57 Å². The minimum absolute atomic E-state index is 0.226. The monoisotopic (exact) mass is 315 g/mol. The Kier molecular flexibility index (Phi) is 5.43. The summed E-state index contributed by atoms with van der Waals surface area (Å²) >= 11 is 0. The molecule has 2 rings (SSSR count). The number of nitrogens with zero attached hydrogens (tertiary/aromatic N) is 1. The van der Waals surface area contributed by atoms with Crippen molar-refractivity contribution in [2.75, 3.05) is 20.3 Å². The van der Waals surface area contributed by atoms with Gasteiger partial charge in [0.2, 0.25) is 10.0 Å². The van der Waals surface area contributed by atoms with Gasteiger partial charge in [-0.1, -0.05) is 0 Å². The average Bonchev–Trinajstić information content (AvgIpc) is 3.13. The van der Waals surface area contributed by atoms with Gasteiger partial charge in [0, 0.05) is 44.2 Å². The molecule has 0 amide bonds. The predicted molar refractivity (Wildman–Crippen MR) is 81.7 cm³/mol. The molecule has 1 saturated carbocycles. The standard InChI is InChI=1S/C14H25N3O3S/c1-11(2)17-10-14(21(18,19)16-6-7-20-3)8-13(17)9-15-12-4-5-12/h8,10-12,15-16H,4-7,9H2,1-3H3. The molecule has 1 aliphatic carbocycles. The van der Waals surface area contributed by atoms with Gasteiger partial charge in [-0.2, -0.15) is 0 Å². The summed E-state index contributed by atoms with van der Waals surface area (Å²) in [5.41, 5.74) is 1.00. The van der Waals surface area contributed by atoms with E-state index in [9.17, 15) is 8.42 Å². The highest BCUT2D eigenvalue weighted by molar-refractivity contribution is 7.89. The molecule has 0 radical (unpaired) electrons. The molecule has 120 valence electrons. The molecule has 1 aromatic rings. The second kappa shape index (κ2) is 6.91. The van der Waals surface area contributed by atoms with E-state index in [4.69, 9.17) is 4.74 Å². The largest absolute Gasteiger partial charge is 0.383 e. The zero-order chi connectivity index (χ0) is 15.5. The first-order valence-corrected chi connectivity index (χ1v) is 8.85. The van der Waals surface area contributed by atoms with E-state index >= 15 is 0 Å². The molecule has 0 saturated heterocycles. The van der Waals surface area contributed by atoms with E-state index in [-0.39, 0.29) is 12.6 Å². The number of methoxy groups -OCH3 is 1. The van der Waals surface area contributed by atoms with Crippen molar-refractivity contribution >= 4 is 10.0 Å². The number of hydrogen-bond donors (Lipinski definition) is 2. The third-order valence-corrected chi connectivity index (χ3v) is 4.95. The second-order valence-corrected chi connectivity index (χ2v) is 7.48. The maximum Gasteiger partial charge on any atom is 0.242 e. The second-order valence-electron chi connectivity index (χ2n) is 5.71. The number of aromatic nitrogens is 1. The lowest BCUT2D eigenvalue weighted by atomic mass is 10.3. The van der Waals surface area contributed by atoms with Crippen LogP contribution in [0.1, 0.15) is 38.4 Å². The SMILES string of the molecule is COCCNS(=O)(=O)c1cc(CNC2CC2)n(C(C)C)c1. The Hall–Kier alpha value is -0.890. The Morgan fingerprint density at radius 3 is 2.71 bits per heavy atom. The van der Waals surface area contributed by atoms with Crippen LogP contribution < -0.4 is 10.0 Å². The van der Waals surface area contributed by atoms with Crippen molar-refractivity contribution in [3.63, 3.8) is 0 Å². The Bertz CT molecular complexity index is 562. The van der Waals surface area contributed by atoms with E-state index in [1.165, 1.54) is 12.8 Å². The molecule has 0 aliphatic heterocycles. The van der Waals surface area contributed by atoms with Gasteiger partial charge < -0.3 is 14.6 Å². The number of sulfonamides is 1. The van der Waals surface area contributed by atoms with Crippen molar-refractivity contribution in [1.29, 1.82) is 0 Å². The quantitative estimate of drug-likeness (QED) is 0.673. The van der Waals surface area contributed by atoms with Crippen LogP contribution in [0.25, 0.3) is 0 Å². The maximum absolute atomic E-state index is 12.2. The van der Waals surface area contributed by atoms with Crippen LogP contribution in [0.4, 0.5) is 0 Å². The molecule has 1 aromatic heterocycles. The molecular formula is C14H25N3O3S. The zero-order valence-electron chi connectivity index (χ0n) is 12.9. The van der Waals surface area contributed by atoms with E-state index in [0.29, 0.717) is 24.1 Å². The first-order valence-electron chi connectivity index (χ1n) is 7.37. The van der Waals surface area contributed by atoms with Gasteiger partial charge in [0.15, 0.2) is 0 Å². The van der Waals surface area contributed by atoms with Crippen molar-refractivity contribution in [1.82, 2.24) is 14.6 Å². The molecule has 6 nitrogen and oxygen atoms in total. The topological polar surface area (TPSA) is 72.4 Å². The van der Waals surface area contributed by atoms with Crippen LogP contribution in [0, 0.1) is 0 Å². The molecule has 7 heteroatoms. The normalized spacial score (nSPS) is 15.8. The summed E-state index contributed by atoms with van der Waals surface area (Å²) in [6.45, 7) is 5.45. The van der Waals surface area contributed by atoms with E-state index in [2.05, 4.69) is 23.9 Å². The van der Waals surface area contributed by atoms with Crippen LogP contribution in [-0.2, 0) is 21.3 Å². The highest BCUT2D eigenvalue weighted by atomic mass is 32.2. The summed E-state index contributed by atoms with van der Waals surface area (Å²) in [5.74, 6) is 0. The summed E-state index contributed by atoms with van der Waals surface area (Å²) in [6, 6.07) is 2.58. The third kappa shape index (κ3) is 4.54. The molecule has 0 spiro atoms. The first kappa shape index (κ1) is 16.5. The molecule has 0 atom stereocenters. The smallest absolute Gasteiger partial charge is 0.242 e. The number of ether oxygens (including phenoxy) is 1. The van der Waals surface area contributed by atoms with Gasteiger partial charge in [-0.25, -0.2) is 13.1 Å². The third-order valence-electron chi connectivity index (χ3n) is 3.52. The Labute approximate surface area is 126 Å². The van der Waals surface area contributed by atoms with Crippen molar-refractivity contribution < 1.29 is 13.2 Å². The molecular weight excluding hydrogens is 290 g/mol. The summed E-state index contributed by atoms with van der Waals surface area (Å²) in [7, 11) is -1.92. The fraction of sp³-hybridized carbons (Fsp3) is 0.714. The number of rotatable bonds is 9. The number of hydrogen-bond acceptors (Lipinski definition) is 4. The van der Waals surface area contributed by atoms with Crippen molar-refractivity contribution in [2.45, 2.75) is 50.2 Å². The fourth-order valence-corrected chi connectivity index (χ4v) is 3.23. The van der Waals surface area contributed by atoms with Gasteiger partial charge >= 0.3 is 0 Å². The maximum atomic E-state index is 12.2. The summed E-state index contributed by atoms with van der Waals surface area (Å²) in [6.07, 6.45) is 4.14. The zero-order valence-corrected chi connectivity index (χ0v) is 13.7. The van der Waals surface area contributed by atoms with Crippen LogP contribution in [0.2, 0.25) is 0 Å². The van der Waals surface area contributed by atoms with Crippen LogP contribution >= 0.6 is 0 Å². The predicted octanol–water partition coefficient (Wildman–Crippen LogP) is 1.25. The Balaban J connectivity index is 2.12. The van der Waals surface area contributed by atoms with Crippen LogP contribution in [-0.4, -0.2) is 39.3 Å². The fourth-order valence-electron chi connectivity index (χ4n) is 2.16. The van der Waals surface area contributed by atoms with Crippen LogP contribution in [0.15, 0.2) is 17.2 Å².